The van der Waals surface area contributed by atoms with Crippen LogP contribution < -0.4 is 5.73 Å². The number of nitrogens with zero attached hydrogens (tertiary/aromatic N) is 1. The summed E-state index contributed by atoms with van der Waals surface area (Å²) in [5.74, 6) is 0.0928. The minimum atomic E-state index is -4.05. The first-order chi connectivity index (χ1) is 6.97. The van der Waals surface area contributed by atoms with E-state index in [0.717, 1.165) is 5.56 Å². The second kappa shape index (κ2) is 5.19. The van der Waals surface area contributed by atoms with Gasteiger partial charge in [-0.2, -0.15) is 8.42 Å². The number of aliphatic imine (C=N–C) groups is 1. The second-order valence-electron chi connectivity index (χ2n) is 2.63. The van der Waals surface area contributed by atoms with Gasteiger partial charge in [0, 0.05) is 16.4 Å². The van der Waals surface area contributed by atoms with E-state index in [9.17, 15) is 8.42 Å². The molecular weight excluding hydrogens is 240 g/mol. The minimum Gasteiger partial charge on any atom is -0.472 e. The summed E-state index contributed by atoms with van der Waals surface area (Å²) in [4.78, 5) is 3.91. The smallest absolute Gasteiger partial charge is 0.320 e. The predicted octanol–water partition coefficient (Wildman–Crippen LogP) is 0.673. The maximum absolute atomic E-state index is 10.4. The van der Waals surface area contributed by atoms with Crippen molar-refractivity contribution in [1.82, 2.24) is 0 Å². The summed E-state index contributed by atoms with van der Waals surface area (Å²) >= 11 is 0. The van der Waals surface area contributed by atoms with Crippen LogP contribution in [0.15, 0.2) is 28.0 Å². The molecule has 0 unspecified atom stereocenters. The van der Waals surface area contributed by atoms with E-state index in [-0.39, 0.29) is 11.6 Å². The molecule has 0 aliphatic heterocycles. The van der Waals surface area contributed by atoms with Gasteiger partial charge in [-0.3, -0.25) is 9.55 Å². The number of amidine groups is 1. The Morgan fingerprint density at radius 1 is 1.67 bits per heavy atom. The van der Waals surface area contributed by atoms with Crippen LogP contribution in [0.3, 0.4) is 0 Å². The van der Waals surface area contributed by atoms with Crippen LogP contribution in [-0.4, -0.2) is 24.6 Å². The van der Waals surface area contributed by atoms with Crippen LogP contribution in [0.2, 0.25) is 0 Å². The van der Waals surface area contributed by atoms with Gasteiger partial charge < -0.3 is 10.2 Å². The SMILES string of the molecule is NC(CSS(=O)(=O)O)=NCc1ccoc1. The van der Waals surface area contributed by atoms with Gasteiger partial charge in [-0.1, -0.05) is 0 Å². The molecule has 6 nitrogen and oxygen atoms in total. The lowest BCUT2D eigenvalue weighted by atomic mass is 10.3. The number of hydrogen-bond donors (Lipinski definition) is 2. The van der Waals surface area contributed by atoms with Crippen molar-refractivity contribution in [2.75, 3.05) is 5.75 Å². The molecule has 15 heavy (non-hydrogen) atoms. The van der Waals surface area contributed by atoms with E-state index in [2.05, 4.69) is 4.99 Å². The highest BCUT2D eigenvalue weighted by atomic mass is 33.1. The summed E-state index contributed by atoms with van der Waals surface area (Å²) in [7, 11) is -3.73. The molecule has 3 N–H and O–H groups in total. The molecule has 1 heterocycles. The third-order valence-corrected chi connectivity index (χ3v) is 3.36. The van der Waals surface area contributed by atoms with Crippen LogP contribution in [0.5, 0.6) is 0 Å². The average molecular weight is 250 g/mol. The zero-order valence-electron chi connectivity index (χ0n) is 7.66. The van der Waals surface area contributed by atoms with E-state index in [1.165, 1.54) is 12.5 Å². The van der Waals surface area contributed by atoms with E-state index in [1.807, 2.05) is 0 Å². The predicted molar refractivity (Wildman–Crippen MR) is 58.0 cm³/mol. The molecule has 0 aliphatic rings. The van der Waals surface area contributed by atoms with Crippen molar-refractivity contribution in [1.29, 1.82) is 0 Å². The van der Waals surface area contributed by atoms with Crippen molar-refractivity contribution in [3.05, 3.63) is 24.2 Å². The Bertz CT molecular complexity index is 424. The molecule has 0 spiro atoms. The van der Waals surface area contributed by atoms with Crippen LogP contribution in [0.1, 0.15) is 5.56 Å². The lowest BCUT2D eigenvalue weighted by Crippen LogP contribution is -2.16. The summed E-state index contributed by atoms with van der Waals surface area (Å²) in [6.07, 6.45) is 3.03. The van der Waals surface area contributed by atoms with E-state index < -0.39 is 9.15 Å². The third kappa shape index (κ3) is 5.45. The number of rotatable bonds is 5. The second-order valence-corrected chi connectivity index (χ2v) is 5.98. The fourth-order valence-electron chi connectivity index (χ4n) is 0.756. The molecule has 1 aromatic rings. The summed E-state index contributed by atoms with van der Waals surface area (Å²) in [6, 6.07) is 1.73. The van der Waals surface area contributed by atoms with Crippen molar-refractivity contribution >= 4 is 25.8 Å². The van der Waals surface area contributed by atoms with Crippen molar-refractivity contribution in [3.63, 3.8) is 0 Å². The topological polar surface area (TPSA) is 106 Å². The van der Waals surface area contributed by atoms with E-state index in [1.54, 1.807) is 6.07 Å². The molecule has 0 saturated heterocycles. The highest BCUT2D eigenvalue weighted by Crippen LogP contribution is 2.08. The lowest BCUT2D eigenvalue weighted by Gasteiger charge is -1.97. The van der Waals surface area contributed by atoms with Crippen LogP contribution in [0.25, 0.3) is 0 Å². The van der Waals surface area contributed by atoms with Gasteiger partial charge in [0.25, 0.3) is 0 Å². The highest BCUT2D eigenvalue weighted by molar-refractivity contribution is 8.70. The van der Waals surface area contributed by atoms with Crippen molar-refractivity contribution in [2.45, 2.75) is 6.54 Å². The van der Waals surface area contributed by atoms with Gasteiger partial charge in [0.2, 0.25) is 0 Å². The first-order valence-corrected chi connectivity index (χ1v) is 6.83. The van der Waals surface area contributed by atoms with Crippen LogP contribution in [-0.2, 0) is 15.7 Å². The van der Waals surface area contributed by atoms with Gasteiger partial charge in [0.15, 0.2) is 0 Å². The Hall–Kier alpha value is -0.990. The lowest BCUT2D eigenvalue weighted by molar-refractivity contribution is 0.503. The van der Waals surface area contributed by atoms with Crippen molar-refractivity contribution in [3.8, 4) is 0 Å². The number of hydrogen-bond acceptors (Lipinski definition) is 5. The fourth-order valence-corrected chi connectivity index (χ4v) is 1.93. The average Bonchev–Trinajstić information content (AvgIpc) is 2.62. The molecule has 8 heteroatoms. The molecule has 0 radical (unpaired) electrons. The summed E-state index contributed by atoms with van der Waals surface area (Å²) in [5.41, 5.74) is 6.26. The molecule has 1 aromatic heterocycles. The molecule has 1 rings (SSSR count). The van der Waals surface area contributed by atoms with Gasteiger partial charge in [-0.05, 0) is 6.07 Å². The van der Waals surface area contributed by atoms with Crippen LogP contribution >= 0.6 is 10.8 Å². The largest absolute Gasteiger partial charge is 0.472 e. The normalized spacial score (nSPS) is 13.0. The van der Waals surface area contributed by atoms with Gasteiger partial charge in [0.05, 0.1) is 24.8 Å². The molecule has 0 atom stereocenters. The number of nitrogens with two attached hydrogens (primary N) is 1. The summed E-state index contributed by atoms with van der Waals surface area (Å²) < 4.78 is 34.0. The molecule has 0 fully saturated rings. The summed E-state index contributed by atoms with van der Waals surface area (Å²) in [5, 5.41) is 0. The van der Waals surface area contributed by atoms with E-state index in [0.29, 0.717) is 17.3 Å². The molecule has 0 aromatic carbocycles. The van der Waals surface area contributed by atoms with E-state index >= 15 is 0 Å². The van der Waals surface area contributed by atoms with Gasteiger partial charge in [-0.15, -0.1) is 0 Å². The Labute approximate surface area is 90.7 Å². The maximum Gasteiger partial charge on any atom is 0.320 e. The Morgan fingerprint density at radius 3 is 2.93 bits per heavy atom. The monoisotopic (exact) mass is 250 g/mol. The molecule has 0 amide bonds. The zero-order chi connectivity index (χ0) is 11.3. The summed E-state index contributed by atoms with van der Waals surface area (Å²) in [6.45, 7) is 0.328. The first-order valence-electron chi connectivity index (χ1n) is 3.89. The molecule has 0 aliphatic carbocycles. The molecule has 0 saturated carbocycles. The Balaban J connectivity index is 2.40. The van der Waals surface area contributed by atoms with Crippen molar-refractivity contribution < 1.29 is 17.4 Å². The zero-order valence-corrected chi connectivity index (χ0v) is 9.29. The van der Waals surface area contributed by atoms with Crippen LogP contribution in [0, 0.1) is 0 Å². The Kier molecular flexibility index (Phi) is 4.18. The quantitative estimate of drug-likeness (QED) is 0.344. The third-order valence-electron chi connectivity index (χ3n) is 1.40. The minimum absolute atomic E-state index is 0.0588. The van der Waals surface area contributed by atoms with Gasteiger partial charge >= 0.3 is 9.15 Å². The fraction of sp³-hybridized carbons (Fsp3) is 0.286. The standard InChI is InChI=1S/C7H10N2O4S2/c8-7(5-14-15(10,11)12)9-3-6-1-2-13-4-6/h1-2,4H,3,5H2,(H2,8,9)(H,10,11,12). The molecular formula is C7H10N2O4S2. The molecule has 84 valence electrons. The highest BCUT2D eigenvalue weighted by Gasteiger charge is 2.06. The maximum atomic E-state index is 10.4. The van der Waals surface area contributed by atoms with E-state index in [4.69, 9.17) is 14.7 Å². The Morgan fingerprint density at radius 2 is 2.40 bits per heavy atom. The van der Waals surface area contributed by atoms with Gasteiger partial charge in [-0.25, -0.2) is 0 Å². The van der Waals surface area contributed by atoms with Crippen molar-refractivity contribution in [2.24, 2.45) is 10.7 Å². The van der Waals surface area contributed by atoms with Gasteiger partial charge in [0.1, 0.15) is 5.84 Å². The molecule has 0 bridgehead atoms. The first kappa shape index (κ1) is 12.1. The number of furan rings is 1. The van der Waals surface area contributed by atoms with Crippen LogP contribution in [0.4, 0.5) is 0 Å².